The SMILES string of the molecule is COC(=O)CC1=CC(SCC(=O)Nc2ccc(S(C)(=O)=O)cc2)=Nc2ccccc2N1. The molecule has 162 valence electrons. The first kappa shape index (κ1) is 22.6. The third kappa shape index (κ3) is 6.43. The number of carbonyl (C=O) groups is 2. The van der Waals surface area contributed by atoms with Crippen LogP contribution in [0.15, 0.2) is 70.2 Å². The van der Waals surface area contributed by atoms with Gasteiger partial charge in [-0.15, -0.1) is 0 Å². The van der Waals surface area contributed by atoms with Gasteiger partial charge < -0.3 is 15.4 Å². The highest BCUT2D eigenvalue weighted by Crippen LogP contribution is 2.31. The average Bonchev–Trinajstić information content (AvgIpc) is 2.90. The first-order valence-corrected chi connectivity index (χ1v) is 12.1. The van der Waals surface area contributed by atoms with Crippen LogP contribution >= 0.6 is 11.8 Å². The number of fused-ring (bicyclic) bond motifs is 1. The van der Waals surface area contributed by atoms with Gasteiger partial charge in [0.15, 0.2) is 9.84 Å². The molecular formula is C21H21N3O5S2. The molecular weight excluding hydrogens is 438 g/mol. The molecule has 1 heterocycles. The molecule has 10 heteroatoms. The summed E-state index contributed by atoms with van der Waals surface area (Å²) in [5, 5.41) is 6.48. The van der Waals surface area contributed by atoms with Gasteiger partial charge in [0, 0.05) is 17.6 Å². The zero-order valence-corrected chi connectivity index (χ0v) is 18.5. The second-order valence-electron chi connectivity index (χ2n) is 6.65. The highest BCUT2D eigenvalue weighted by atomic mass is 32.2. The second kappa shape index (κ2) is 9.80. The quantitative estimate of drug-likeness (QED) is 0.637. The lowest BCUT2D eigenvalue weighted by Gasteiger charge is -2.09. The number of sulfone groups is 1. The van der Waals surface area contributed by atoms with Crippen molar-refractivity contribution >= 4 is 55.6 Å². The Hall–Kier alpha value is -3.11. The van der Waals surface area contributed by atoms with E-state index in [0.29, 0.717) is 22.1 Å². The van der Waals surface area contributed by atoms with Gasteiger partial charge in [0.1, 0.15) is 0 Å². The molecule has 0 bridgehead atoms. The Bertz CT molecular complexity index is 1160. The largest absolute Gasteiger partial charge is 0.469 e. The van der Waals surface area contributed by atoms with Gasteiger partial charge in [-0.3, -0.25) is 9.59 Å². The molecule has 0 radical (unpaired) electrons. The highest BCUT2D eigenvalue weighted by Gasteiger charge is 2.15. The molecule has 3 rings (SSSR count). The predicted molar refractivity (Wildman–Crippen MR) is 123 cm³/mol. The summed E-state index contributed by atoms with van der Waals surface area (Å²) in [4.78, 5) is 28.8. The fourth-order valence-corrected chi connectivity index (χ4v) is 4.07. The molecule has 1 amide bonds. The van der Waals surface area contributed by atoms with E-state index in [1.54, 1.807) is 6.08 Å². The number of amides is 1. The zero-order valence-electron chi connectivity index (χ0n) is 16.9. The number of ether oxygens (including phenoxy) is 1. The average molecular weight is 460 g/mol. The maximum Gasteiger partial charge on any atom is 0.311 e. The van der Waals surface area contributed by atoms with E-state index in [1.165, 1.54) is 43.1 Å². The lowest BCUT2D eigenvalue weighted by Crippen LogP contribution is -2.15. The summed E-state index contributed by atoms with van der Waals surface area (Å²) in [7, 11) is -1.97. The molecule has 0 aliphatic carbocycles. The lowest BCUT2D eigenvalue weighted by atomic mass is 10.2. The second-order valence-corrected chi connectivity index (χ2v) is 9.66. The minimum Gasteiger partial charge on any atom is -0.469 e. The topological polar surface area (TPSA) is 114 Å². The summed E-state index contributed by atoms with van der Waals surface area (Å²) < 4.78 is 27.8. The summed E-state index contributed by atoms with van der Waals surface area (Å²) in [5.41, 5.74) is 2.55. The van der Waals surface area contributed by atoms with Crippen LogP contribution < -0.4 is 10.6 Å². The maximum atomic E-state index is 12.4. The number of anilines is 2. The van der Waals surface area contributed by atoms with Crippen molar-refractivity contribution in [3.63, 3.8) is 0 Å². The van der Waals surface area contributed by atoms with Gasteiger partial charge in [-0.25, -0.2) is 13.4 Å². The minimum atomic E-state index is -3.29. The van der Waals surface area contributed by atoms with Crippen LogP contribution in [0.25, 0.3) is 0 Å². The van der Waals surface area contributed by atoms with Crippen LogP contribution in [0.4, 0.5) is 17.1 Å². The molecule has 8 nitrogen and oxygen atoms in total. The van der Waals surface area contributed by atoms with Gasteiger partial charge in [-0.1, -0.05) is 23.9 Å². The first-order chi connectivity index (χ1) is 14.7. The number of hydrogen-bond donors (Lipinski definition) is 2. The number of benzene rings is 2. The van der Waals surface area contributed by atoms with E-state index in [1.807, 2.05) is 24.3 Å². The fraction of sp³-hybridized carbons (Fsp3) is 0.190. The fourth-order valence-electron chi connectivity index (χ4n) is 2.70. The molecule has 2 aromatic rings. The van der Waals surface area contributed by atoms with E-state index >= 15 is 0 Å². The Balaban J connectivity index is 1.69. The summed E-state index contributed by atoms with van der Waals surface area (Å²) in [6.45, 7) is 0. The summed E-state index contributed by atoms with van der Waals surface area (Å²) in [6, 6.07) is 13.4. The normalized spacial score (nSPS) is 13.1. The van der Waals surface area contributed by atoms with Crippen LogP contribution in [0.2, 0.25) is 0 Å². The minimum absolute atomic E-state index is 0.0449. The van der Waals surface area contributed by atoms with Crippen molar-refractivity contribution in [2.75, 3.05) is 29.8 Å². The van der Waals surface area contributed by atoms with Crippen LogP contribution in [0, 0.1) is 0 Å². The Morgan fingerprint density at radius 3 is 2.52 bits per heavy atom. The standard InChI is InChI=1S/C21H21N3O5S2/c1-29-21(26)12-15-11-20(24-18-6-4-3-5-17(18)22-15)30-13-19(25)23-14-7-9-16(10-8-14)31(2,27)28/h3-11,22H,12-13H2,1-2H3,(H,23,25). The van der Waals surface area contributed by atoms with E-state index in [2.05, 4.69) is 15.6 Å². The smallest absolute Gasteiger partial charge is 0.311 e. The van der Waals surface area contributed by atoms with Crippen LogP contribution in [0.5, 0.6) is 0 Å². The molecule has 0 unspecified atom stereocenters. The number of nitrogens with zero attached hydrogens (tertiary/aromatic N) is 1. The van der Waals surface area contributed by atoms with Crippen LogP contribution in [0.1, 0.15) is 6.42 Å². The van der Waals surface area contributed by atoms with Gasteiger partial charge in [0.05, 0.1) is 40.6 Å². The molecule has 31 heavy (non-hydrogen) atoms. The number of hydrogen-bond acceptors (Lipinski definition) is 8. The van der Waals surface area contributed by atoms with E-state index in [-0.39, 0.29) is 23.0 Å². The van der Waals surface area contributed by atoms with Crippen molar-refractivity contribution in [3.8, 4) is 0 Å². The van der Waals surface area contributed by atoms with Gasteiger partial charge in [-0.05, 0) is 42.5 Å². The van der Waals surface area contributed by atoms with E-state index in [4.69, 9.17) is 4.74 Å². The molecule has 0 fully saturated rings. The third-order valence-corrected chi connectivity index (χ3v) is 6.25. The Labute approximate surface area is 184 Å². The number of rotatable bonds is 6. The van der Waals surface area contributed by atoms with Crippen molar-refractivity contribution in [1.29, 1.82) is 0 Å². The van der Waals surface area contributed by atoms with E-state index in [9.17, 15) is 18.0 Å². The summed E-state index contributed by atoms with van der Waals surface area (Å²) in [6.07, 6.45) is 2.89. The van der Waals surface area contributed by atoms with Gasteiger partial charge in [0.25, 0.3) is 0 Å². The highest BCUT2D eigenvalue weighted by molar-refractivity contribution is 8.14. The molecule has 0 aromatic heterocycles. The van der Waals surface area contributed by atoms with Crippen molar-refractivity contribution in [2.45, 2.75) is 11.3 Å². The molecule has 0 atom stereocenters. The van der Waals surface area contributed by atoms with Crippen LogP contribution in [-0.4, -0.2) is 44.5 Å². The Morgan fingerprint density at radius 1 is 1.13 bits per heavy atom. The number of aliphatic imine (C=N–C) groups is 1. The van der Waals surface area contributed by atoms with E-state index in [0.717, 1.165) is 11.9 Å². The monoisotopic (exact) mass is 459 g/mol. The van der Waals surface area contributed by atoms with Gasteiger partial charge in [-0.2, -0.15) is 0 Å². The van der Waals surface area contributed by atoms with Crippen molar-refractivity contribution in [2.24, 2.45) is 4.99 Å². The number of carbonyl (C=O) groups excluding carboxylic acids is 2. The first-order valence-electron chi connectivity index (χ1n) is 9.19. The third-order valence-electron chi connectivity index (χ3n) is 4.21. The van der Waals surface area contributed by atoms with Crippen LogP contribution in [0.3, 0.4) is 0 Å². The van der Waals surface area contributed by atoms with E-state index < -0.39 is 15.8 Å². The number of thioether (sulfide) groups is 1. The summed E-state index contributed by atoms with van der Waals surface area (Å²) >= 11 is 1.22. The molecule has 1 aliphatic rings. The maximum absolute atomic E-state index is 12.4. The molecule has 2 aromatic carbocycles. The number of methoxy groups -OCH3 is 1. The number of esters is 1. The van der Waals surface area contributed by atoms with Crippen molar-refractivity contribution in [3.05, 3.63) is 60.3 Å². The van der Waals surface area contributed by atoms with Gasteiger partial charge in [0.2, 0.25) is 5.91 Å². The molecule has 0 saturated heterocycles. The lowest BCUT2D eigenvalue weighted by molar-refractivity contribution is -0.139. The molecule has 2 N–H and O–H groups in total. The van der Waals surface area contributed by atoms with Crippen molar-refractivity contribution < 1.29 is 22.7 Å². The number of nitrogens with one attached hydrogen (secondary N) is 2. The molecule has 0 saturated carbocycles. The Morgan fingerprint density at radius 2 is 1.84 bits per heavy atom. The molecule has 1 aliphatic heterocycles. The summed E-state index contributed by atoms with van der Waals surface area (Å²) in [5.74, 6) is -0.581. The van der Waals surface area contributed by atoms with Crippen LogP contribution in [-0.2, 0) is 24.2 Å². The van der Waals surface area contributed by atoms with Crippen molar-refractivity contribution in [1.82, 2.24) is 0 Å². The van der Waals surface area contributed by atoms with Gasteiger partial charge >= 0.3 is 5.97 Å². The Kier molecular flexibility index (Phi) is 7.13. The predicted octanol–water partition coefficient (Wildman–Crippen LogP) is 3.36. The zero-order chi connectivity index (χ0) is 22.4. The number of para-hydroxylation sites is 2. The molecule has 0 spiro atoms.